The number of carbonyl (C=O) groups excluding carboxylic acids is 2. The molecule has 9 nitrogen and oxygen atoms in total. The number of halogens is 5. The molecule has 2 aliphatic heterocycles. The number of aromatic nitrogens is 1. The third-order valence-corrected chi connectivity index (χ3v) is 8.92. The Hall–Kier alpha value is -4.10. The molecule has 0 spiro atoms. The van der Waals surface area contributed by atoms with Crippen LogP contribution in [0.3, 0.4) is 0 Å². The number of alkyl halides is 3. The summed E-state index contributed by atoms with van der Waals surface area (Å²) in [6, 6.07) is 4.05. The van der Waals surface area contributed by atoms with E-state index in [2.05, 4.69) is 5.32 Å². The predicted molar refractivity (Wildman–Crippen MR) is 167 cm³/mol. The van der Waals surface area contributed by atoms with Crippen LogP contribution in [0.1, 0.15) is 39.2 Å². The Morgan fingerprint density at radius 2 is 1.91 bits per heavy atom. The number of morpholine rings is 1. The van der Waals surface area contributed by atoms with E-state index in [1.807, 2.05) is 0 Å². The van der Waals surface area contributed by atoms with E-state index in [1.54, 1.807) is 32.2 Å². The average molecular weight is 680 g/mol. The molecule has 1 aromatic heterocycles. The first-order chi connectivity index (χ1) is 22.2. The van der Waals surface area contributed by atoms with E-state index in [1.165, 1.54) is 17.6 Å². The van der Waals surface area contributed by atoms with Crippen LogP contribution in [0.25, 0.3) is 11.1 Å². The van der Waals surface area contributed by atoms with Crippen molar-refractivity contribution in [3.05, 3.63) is 79.5 Å². The maximum atomic E-state index is 15.5. The molecule has 1 fully saturated rings. The molecule has 1 amide bonds. The molecule has 1 N–H and O–H groups in total. The molecule has 0 aliphatic carbocycles. The number of nitrogens with zero attached hydrogens (tertiary/aromatic N) is 2. The Labute approximate surface area is 273 Å². The van der Waals surface area contributed by atoms with Crippen LogP contribution in [-0.2, 0) is 34.2 Å². The molecule has 47 heavy (non-hydrogen) atoms. The number of anilines is 1. The van der Waals surface area contributed by atoms with Gasteiger partial charge < -0.3 is 29.0 Å². The molecule has 2 atom stereocenters. The van der Waals surface area contributed by atoms with E-state index in [4.69, 9.17) is 25.8 Å². The van der Waals surface area contributed by atoms with E-state index < -0.39 is 48.1 Å². The van der Waals surface area contributed by atoms with Crippen molar-refractivity contribution in [3.63, 3.8) is 0 Å². The quantitative estimate of drug-likeness (QED) is 0.275. The zero-order valence-corrected chi connectivity index (χ0v) is 27.0. The number of methoxy groups -OCH3 is 1. The summed E-state index contributed by atoms with van der Waals surface area (Å²) in [6.07, 6.45) is -3.45. The molecule has 2 aliphatic rings. The van der Waals surface area contributed by atoms with Gasteiger partial charge in [0, 0.05) is 37.0 Å². The molecule has 0 saturated carbocycles. The number of esters is 1. The summed E-state index contributed by atoms with van der Waals surface area (Å²) in [4.78, 5) is 40.5. The largest absolute Gasteiger partial charge is 0.493 e. The van der Waals surface area contributed by atoms with E-state index in [0.717, 1.165) is 23.6 Å². The number of hydrogen-bond donors (Lipinski definition) is 1. The van der Waals surface area contributed by atoms with Crippen LogP contribution >= 0.6 is 11.6 Å². The average Bonchev–Trinajstić information content (AvgIpc) is 3.03. The molecule has 3 heterocycles. The second-order valence-corrected chi connectivity index (χ2v) is 12.0. The van der Waals surface area contributed by atoms with Gasteiger partial charge in [-0.1, -0.05) is 23.7 Å². The lowest BCUT2D eigenvalue weighted by atomic mass is 9.90. The van der Waals surface area contributed by atoms with Crippen molar-refractivity contribution in [2.24, 2.45) is 7.05 Å². The first-order valence-electron chi connectivity index (χ1n) is 15.0. The number of ether oxygens (including phenoxy) is 3. The Kier molecular flexibility index (Phi) is 9.88. The summed E-state index contributed by atoms with van der Waals surface area (Å²) in [6.45, 7) is 2.88. The van der Waals surface area contributed by atoms with Crippen LogP contribution in [0.15, 0.2) is 35.1 Å². The monoisotopic (exact) mass is 679 g/mol. The molecule has 0 bridgehead atoms. The second-order valence-electron chi connectivity index (χ2n) is 11.6. The van der Waals surface area contributed by atoms with Crippen molar-refractivity contribution >= 4 is 29.2 Å². The maximum absolute atomic E-state index is 15.5. The topological polar surface area (TPSA) is 99.1 Å². The molecule has 14 heteroatoms. The van der Waals surface area contributed by atoms with Crippen LogP contribution in [0, 0.1) is 19.7 Å². The van der Waals surface area contributed by atoms with E-state index in [-0.39, 0.29) is 47.0 Å². The number of aryl methyl sites for hydroxylation is 2. The van der Waals surface area contributed by atoms with Crippen LogP contribution in [0.2, 0.25) is 5.02 Å². The number of amides is 1. The molecule has 0 radical (unpaired) electrons. The van der Waals surface area contributed by atoms with Crippen molar-refractivity contribution in [3.8, 4) is 16.9 Å². The van der Waals surface area contributed by atoms with Gasteiger partial charge in [-0.15, -0.1) is 0 Å². The summed E-state index contributed by atoms with van der Waals surface area (Å²) in [5.41, 5.74) is 2.15. The summed E-state index contributed by atoms with van der Waals surface area (Å²) < 4.78 is 73.9. The summed E-state index contributed by atoms with van der Waals surface area (Å²) in [5, 5.41) is 2.81. The molecule has 1 saturated heterocycles. The highest BCUT2D eigenvalue weighted by Crippen LogP contribution is 2.40. The highest BCUT2D eigenvalue weighted by molar-refractivity contribution is 6.33. The predicted octanol–water partition coefficient (Wildman–Crippen LogP) is 5.07. The lowest BCUT2D eigenvalue weighted by molar-refractivity contribution is -0.167. The van der Waals surface area contributed by atoms with Gasteiger partial charge in [-0.05, 0) is 61.6 Å². The Bertz CT molecular complexity index is 1750. The molecular formula is C33H34ClF4N3O6. The number of rotatable bonds is 7. The lowest BCUT2D eigenvalue weighted by Gasteiger charge is -2.38. The number of nitrogens with one attached hydrogen (secondary N) is 1. The summed E-state index contributed by atoms with van der Waals surface area (Å²) in [7, 11) is 2.79. The van der Waals surface area contributed by atoms with Crippen molar-refractivity contribution in [1.29, 1.82) is 0 Å². The number of carbonyl (C=O) groups is 2. The van der Waals surface area contributed by atoms with Crippen LogP contribution in [0.5, 0.6) is 5.75 Å². The zero-order valence-electron chi connectivity index (χ0n) is 26.2. The molecular weight excluding hydrogens is 646 g/mol. The van der Waals surface area contributed by atoms with Gasteiger partial charge in [0.05, 0.1) is 43.1 Å². The van der Waals surface area contributed by atoms with Gasteiger partial charge in [0.15, 0.2) is 0 Å². The zero-order chi connectivity index (χ0) is 34.2. The fraction of sp³-hybridized carbons (Fsp3) is 0.424. The fourth-order valence-electron chi connectivity index (χ4n) is 6.09. The van der Waals surface area contributed by atoms with E-state index in [9.17, 15) is 27.6 Å². The first-order valence-corrected chi connectivity index (χ1v) is 15.3. The third kappa shape index (κ3) is 6.82. The minimum absolute atomic E-state index is 0.0285. The lowest BCUT2D eigenvalue weighted by Crippen LogP contribution is -2.53. The Morgan fingerprint density at radius 3 is 2.60 bits per heavy atom. The number of hydrogen-bond acceptors (Lipinski definition) is 7. The van der Waals surface area contributed by atoms with Gasteiger partial charge in [0.25, 0.3) is 11.5 Å². The fourth-order valence-corrected chi connectivity index (χ4v) is 6.43. The minimum Gasteiger partial charge on any atom is -0.493 e. The summed E-state index contributed by atoms with van der Waals surface area (Å²) >= 11 is 6.52. The van der Waals surface area contributed by atoms with Crippen LogP contribution in [-0.4, -0.2) is 68.2 Å². The Morgan fingerprint density at radius 1 is 1.17 bits per heavy atom. The third-order valence-electron chi connectivity index (χ3n) is 8.62. The smallest absolute Gasteiger partial charge is 0.411 e. The summed E-state index contributed by atoms with van der Waals surface area (Å²) in [5.74, 6) is -2.32. The highest BCUT2D eigenvalue weighted by Gasteiger charge is 2.45. The SMILES string of the molecule is COC(=O)[C@H](Cc1ccc(-c2c(Cl)cc(C)n(C)c2=O)c2c1CCCO2)NC(=O)c1c(C)cc(N2CCOC[C@@H]2C(F)(F)F)cc1F. The molecule has 2 aromatic carbocycles. The van der Waals surface area contributed by atoms with Gasteiger partial charge in [-0.25, -0.2) is 9.18 Å². The normalized spacial score (nSPS) is 17.0. The van der Waals surface area contributed by atoms with E-state index >= 15 is 4.39 Å². The Balaban J connectivity index is 1.45. The molecule has 0 unspecified atom stereocenters. The van der Waals surface area contributed by atoms with Crippen molar-refractivity contribution in [1.82, 2.24) is 9.88 Å². The van der Waals surface area contributed by atoms with Crippen molar-refractivity contribution in [2.45, 2.75) is 51.4 Å². The first kappa shape index (κ1) is 34.2. The van der Waals surface area contributed by atoms with Crippen LogP contribution in [0.4, 0.5) is 23.2 Å². The van der Waals surface area contributed by atoms with Gasteiger partial charge in [-0.2, -0.15) is 13.2 Å². The standard InChI is InChI=1S/C33H34ClF4N3O6/c1-17-12-20(41-9-11-46-16-26(41)33(36,37)38)15-24(35)27(17)30(42)39-25(32(44)45-4)14-19-7-8-22(29-21(19)6-5-10-47-29)28-23(34)13-18(2)40(3)31(28)43/h7-8,12-13,15,25-26H,5-6,9-11,14,16H2,1-4H3,(H,39,42)/t25-,26+/m0/s1. The van der Waals surface area contributed by atoms with Gasteiger partial charge in [0.2, 0.25) is 0 Å². The van der Waals surface area contributed by atoms with Crippen LogP contribution < -0.4 is 20.5 Å². The number of benzene rings is 2. The van der Waals surface area contributed by atoms with Crippen molar-refractivity contribution < 1.29 is 41.4 Å². The minimum atomic E-state index is -4.61. The van der Waals surface area contributed by atoms with Gasteiger partial charge in [0.1, 0.15) is 23.7 Å². The van der Waals surface area contributed by atoms with Gasteiger partial charge in [-0.3, -0.25) is 9.59 Å². The molecule has 5 rings (SSSR count). The van der Waals surface area contributed by atoms with E-state index in [0.29, 0.717) is 42.0 Å². The maximum Gasteiger partial charge on any atom is 0.411 e. The molecule has 252 valence electrons. The van der Waals surface area contributed by atoms with Crippen molar-refractivity contribution in [2.75, 3.05) is 38.4 Å². The van der Waals surface area contributed by atoms with Gasteiger partial charge >= 0.3 is 12.1 Å². The molecule has 3 aromatic rings. The number of fused-ring (bicyclic) bond motifs is 1. The number of pyridine rings is 1. The highest BCUT2D eigenvalue weighted by atomic mass is 35.5. The second kappa shape index (κ2) is 13.6.